The molecule has 156 valence electrons. The molecule has 0 aliphatic carbocycles. The normalized spacial score (nSPS) is 16.8. The van der Waals surface area contributed by atoms with Gasteiger partial charge in [-0.3, -0.25) is 0 Å². The van der Waals surface area contributed by atoms with Gasteiger partial charge in [0.15, 0.2) is 5.11 Å². The van der Waals surface area contributed by atoms with E-state index in [1.165, 1.54) is 23.5 Å². The predicted molar refractivity (Wildman–Crippen MR) is 118 cm³/mol. The molecule has 1 N–H and O–H groups in total. The Kier molecular flexibility index (Phi) is 6.21. The van der Waals surface area contributed by atoms with Gasteiger partial charge in [-0.25, -0.2) is 4.39 Å². The lowest BCUT2D eigenvalue weighted by Gasteiger charge is -2.37. The molecule has 1 aliphatic heterocycles. The quantitative estimate of drug-likeness (QED) is 0.421. The highest BCUT2D eigenvalue weighted by Gasteiger charge is 2.34. The molecule has 0 bridgehead atoms. The first-order valence-corrected chi connectivity index (χ1v) is 10.8. The summed E-state index contributed by atoms with van der Waals surface area (Å²) in [6.07, 6.45) is 0.803. The summed E-state index contributed by atoms with van der Waals surface area (Å²) in [5.74, 6) is 0.596. The number of hydrogen-bond donors (Lipinski definition) is 1. The third-order valence-corrected chi connectivity index (χ3v) is 6.11. The molecule has 9 heteroatoms. The zero-order valence-electron chi connectivity index (χ0n) is 16.6. The van der Waals surface area contributed by atoms with Crippen LogP contribution >= 0.6 is 23.6 Å². The van der Waals surface area contributed by atoms with Gasteiger partial charge in [0.05, 0.1) is 16.5 Å². The number of rotatable bonds is 7. The van der Waals surface area contributed by atoms with Crippen molar-refractivity contribution in [2.75, 3.05) is 20.3 Å². The zero-order chi connectivity index (χ0) is 21.1. The van der Waals surface area contributed by atoms with Crippen molar-refractivity contribution in [3.63, 3.8) is 0 Å². The van der Waals surface area contributed by atoms with Crippen molar-refractivity contribution in [3.05, 3.63) is 64.7 Å². The van der Waals surface area contributed by atoms with E-state index in [0.29, 0.717) is 30.0 Å². The lowest BCUT2D eigenvalue weighted by molar-refractivity contribution is 0.188. The number of methoxy groups -OCH3 is 1. The van der Waals surface area contributed by atoms with Gasteiger partial charge in [-0.15, -0.1) is 11.3 Å². The Morgan fingerprint density at radius 1 is 1.33 bits per heavy atom. The van der Waals surface area contributed by atoms with Crippen LogP contribution < -0.4 is 5.32 Å². The van der Waals surface area contributed by atoms with Gasteiger partial charge < -0.3 is 19.5 Å². The Hall–Kier alpha value is -2.62. The van der Waals surface area contributed by atoms with Crippen molar-refractivity contribution >= 4 is 34.2 Å². The summed E-state index contributed by atoms with van der Waals surface area (Å²) in [7, 11) is 1.67. The maximum atomic E-state index is 14.0. The van der Waals surface area contributed by atoms with E-state index in [1.54, 1.807) is 13.2 Å². The molecule has 3 heterocycles. The molecule has 1 atom stereocenters. The molecule has 0 spiro atoms. The number of hydrogen-bond acceptors (Lipinski definition) is 6. The number of ether oxygens (including phenoxy) is 1. The van der Waals surface area contributed by atoms with Crippen LogP contribution in [0.2, 0.25) is 0 Å². The van der Waals surface area contributed by atoms with E-state index >= 15 is 0 Å². The van der Waals surface area contributed by atoms with E-state index in [1.807, 2.05) is 35.4 Å². The van der Waals surface area contributed by atoms with Crippen LogP contribution in [0.3, 0.4) is 0 Å². The van der Waals surface area contributed by atoms with Crippen molar-refractivity contribution in [2.45, 2.75) is 19.4 Å². The standard InChI is InChI=1S/C21H21FN4O2S2/c1-13-17(20-24-19(25-28-20)16-8-4-11-30-16)18(14-6-3-7-15(22)12-14)23-21(29)26(13)9-5-10-27-2/h3-4,6-8,11-12,18H,5,9-10H2,1-2H3,(H,23,29). The van der Waals surface area contributed by atoms with E-state index in [9.17, 15) is 4.39 Å². The van der Waals surface area contributed by atoms with Crippen LogP contribution in [0.5, 0.6) is 0 Å². The first-order chi connectivity index (χ1) is 14.6. The average Bonchev–Trinajstić information content (AvgIpc) is 3.42. The topological polar surface area (TPSA) is 63.4 Å². The lowest BCUT2D eigenvalue weighted by Crippen LogP contribution is -2.46. The minimum atomic E-state index is -0.400. The summed E-state index contributed by atoms with van der Waals surface area (Å²) in [6, 6.07) is 9.92. The number of thiocarbonyl (C=S) groups is 1. The first-order valence-electron chi connectivity index (χ1n) is 9.49. The summed E-state index contributed by atoms with van der Waals surface area (Å²) in [5, 5.41) is 10.0. The lowest BCUT2D eigenvalue weighted by atomic mass is 9.94. The molecule has 6 nitrogen and oxygen atoms in total. The van der Waals surface area contributed by atoms with Crippen LogP contribution in [0.4, 0.5) is 4.39 Å². The predicted octanol–water partition coefficient (Wildman–Crippen LogP) is 4.64. The second-order valence-corrected chi connectivity index (χ2v) is 8.17. The maximum absolute atomic E-state index is 14.0. The van der Waals surface area contributed by atoms with E-state index in [-0.39, 0.29) is 5.82 Å². The van der Waals surface area contributed by atoms with Crippen LogP contribution in [0.1, 0.15) is 30.8 Å². The molecule has 1 aromatic carbocycles. The Balaban J connectivity index is 1.77. The zero-order valence-corrected chi connectivity index (χ0v) is 18.2. The van der Waals surface area contributed by atoms with Crippen LogP contribution in [0.25, 0.3) is 16.3 Å². The molecular weight excluding hydrogens is 423 g/mol. The van der Waals surface area contributed by atoms with E-state index in [0.717, 1.165) is 28.1 Å². The molecule has 1 unspecified atom stereocenters. The van der Waals surface area contributed by atoms with Gasteiger partial charge >= 0.3 is 0 Å². The molecule has 3 aromatic rings. The fraction of sp³-hybridized carbons (Fsp3) is 0.286. The SMILES string of the molecule is COCCCN1C(=S)NC(c2cccc(F)c2)C(c2nc(-c3cccs3)no2)=C1C. The van der Waals surface area contributed by atoms with Crippen molar-refractivity contribution in [2.24, 2.45) is 0 Å². The number of halogens is 1. The summed E-state index contributed by atoms with van der Waals surface area (Å²) in [4.78, 5) is 7.54. The van der Waals surface area contributed by atoms with Crippen molar-refractivity contribution in [1.29, 1.82) is 0 Å². The van der Waals surface area contributed by atoms with Crippen LogP contribution in [0.15, 0.2) is 52.0 Å². The van der Waals surface area contributed by atoms with E-state index in [4.69, 9.17) is 21.5 Å². The molecule has 1 aliphatic rings. The molecule has 2 aromatic heterocycles. The van der Waals surface area contributed by atoms with Crippen LogP contribution in [0, 0.1) is 5.82 Å². The molecule has 4 rings (SSSR count). The molecule has 0 saturated heterocycles. The molecule has 0 amide bonds. The highest BCUT2D eigenvalue weighted by Crippen LogP contribution is 2.37. The Morgan fingerprint density at radius 2 is 2.20 bits per heavy atom. The van der Waals surface area contributed by atoms with Crippen molar-refractivity contribution in [1.82, 2.24) is 20.4 Å². The summed E-state index contributed by atoms with van der Waals surface area (Å²) >= 11 is 7.16. The molecule has 0 saturated carbocycles. The molecular formula is C21H21FN4O2S2. The van der Waals surface area contributed by atoms with Gasteiger partial charge in [0.1, 0.15) is 5.82 Å². The summed E-state index contributed by atoms with van der Waals surface area (Å²) in [6.45, 7) is 3.27. The highest BCUT2D eigenvalue weighted by atomic mass is 32.1. The fourth-order valence-corrected chi connectivity index (χ4v) is 4.46. The smallest absolute Gasteiger partial charge is 0.258 e. The third kappa shape index (κ3) is 4.14. The second-order valence-electron chi connectivity index (χ2n) is 6.84. The second kappa shape index (κ2) is 9.03. The summed E-state index contributed by atoms with van der Waals surface area (Å²) in [5.41, 5.74) is 2.41. The third-order valence-electron chi connectivity index (χ3n) is 4.91. The number of allylic oxidation sites excluding steroid dienone is 1. The molecule has 0 fully saturated rings. The largest absolute Gasteiger partial charge is 0.385 e. The van der Waals surface area contributed by atoms with Gasteiger partial charge in [-0.05, 0) is 54.7 Å². The molecule has 0 radical (unpaired) electrons. The van der Waals surface area contributed by atoms with Gasteiger partial charge in [-0.1, -0.05) is 23.4 Å². The molecule has 30 heavy (non-hydrogen) atoms. The minimum Gasteiger partial charge on any atom is -0.385 e. The van der Waals surface area contributed by atoms with E-state index in [2.05, 4.69) is 15.5 Å². The van der Waals surface area contributed by atoms with Crippen LogP contribution in [-0.4, -0.2) is 40.4 Å². The number of nitrogens with zero attached hydrogens (tertiary/aromatic N) is 3. The number of thiophene rings is 1. The maximum Gasteiger partial charge on any atom is 0.258 e. The van der Waals surface area contributed by atoms with Crippen molar-refractivity contribution < 1.29 is 13.7 Å². The van der Waals surface area contributed by atoms with Gasteiger partial charge in [0.2, 0.25) is 5.82 Å². The Bertz CT molecular complexity index is 1060. The number of aromatic nitrogens is 2. The van der Waals surface area contributed by atoms with Crippen molar-refractivity contribution in [3.8, 4) is 10.7 Å². The fourth-order valence-electron chi connectivity index (χ4n) is 3.47. The number of nitrogens with one attached hydrogen (secondary N) is 1. The average molecular weight is 445 g/mol. The first kappa shape index (κ1) is 20.6. The van der Waals surface area contributed by atoms with E-state index < -0.39 is 6.04 Å². The Morgan fingerprint density at radius 3 is 2.93 bits per heavy atom. The number of benzene rings is 1. The van der Waals surface area contributed by atoms with Gasteiger partial charge in [0, 0.05) is 26.0 Å². The summed E-state index contributed by atoms with van der Waals surface area (Å²) < 4.78 is 24.8. The van der Waals surface area contributed by atoms with Crippen LogP contribution in [-0.2, 0) is 4.74 Å². The monoisotopic (exact) mass is 444 g/mol. The Labute approximate surface area is 183 Å². The van der Waals surface area contributed by atoms with Gasteiger partial charge in [-0.2, -0.15) is 4.98 Å². The van der Waals surface area contributed by atoms with Gasteiger partial charge in [0.25, 0.3) is 5.89 Å². The highest BCUT2D eigenvalue weighted by molar-refractivity contribution is 7.80. The minimum absolute atomic E-state index is 0.315.